The molecule has 0 saturated heterocycles. The number of carbonyl (C=O) groups excluding carboxylic acids is 1. The molecule has 0 aromatic carbocycles. The van der Waals surface area contributed by atoms with Crippen molar-refractivity contribution < 1.29 is 14.7 Å². The van der Waals surface area contributed by atoms with Gasteiger partial charge in [-0.2, -0.15) is 5.10 Å². The van der Waals surface area contributed by atoms with E-state index in [1.807, 2.05) is 6.92 Å². The van der Waals surface area contributed by atoms with Crippen LogP contribution in [0.3, 0.4) is 0 Å². The number of hydrogen-bond acceptors (Lipinski definition) is 3. The molecule has 76 valence electrons. The smallest absolute Gasteiger partial charge is 0.321 e. The molecule has 2 atom stereocenters. The molecule has 0 aromatic heterocycles. The highest BCUT2D eigenvalue weighted by atomic mass is 16.4. The van der Waals surface area contributed by atoms with Crippen molar-refractivity contribution in [3.8, 4) is 0 Å². The number of amides is 1. The van der Waals surface area contributed by atoms with Crippen molar-refractivity contribution in [1.29, 1.82) is 0 Å². The van der Waals surface area contributed by atoms with Crippen LogP contribution in [0.25, 0.3) is 0 Å². The second-order valence-corrected chi connectivity index (χ2v) is 3.84. The van der Waals surface area contributed by atoms with Gasteiger partial charge in [-0.25, -0.2) is 5.01 Å². The number of carbonyl (C=O) groups is 2. The van der Waals surface area contributed by atoms with Crippen LogP contribution in [0.2, 0.25) is 0 Å². The van der Waals surface area contributed by atoms with Gasteiger partial charge < -0.3 is 5.11 Å². The van der Waals surface area contributed by atoms with Gasteiger partial charge in [-0.1, -0.05) is 0 Å². The Labute approximate surface area is 81.4 Å². The molecule has 1 fully saturated rings. The van der Waals surface area contributed by atoms with Crippen molar-refractivity contribution in [2.45, 2.75) is 25.8 Å². The Kier molecular flexibility index (Phi) is 2.02. The van der Waals surface area contributed by atoms with E-state index in [1.165, 1.54) is 11.2 Å². The summed E-state index contributed by atoms with van der Waals surface area (Å²) in [5.41, 5.74) is 0. The van der Waals surface area contributed by atoms with Crippen LogP contribution in [0.1, 0.15) is 19.8 Å². The maximum atomic E-state index is 11.5. The number of hydrogen-bond donors (Lipinski definition) is 1. The lowest BCUT2D eigenvalue weighted by atomic mass is 10.1. The lowest BCUT2D eigenvalue weighted by Crippen LogP contribution is -2.37. The third-order valence-electron chi connectivity index (χ3n) is 2.79. The van der Waals surface area contributed by atoms with Gasteiger partial charge in [0.25, 0.3) is 5.91 Å². The largest absolute Gasteiger partial charge is 0.480 e. The van der Waals surface area contributed by atoms with E-state index in [2.05, 4.69) is 5.10 Å². The van der Waals surface area contributed by atoms with Crippen LogP contribution >= 0.6 is 0 Å². The minimum atomic E-state index is -1.12. The predicted octanol–water partition coefficient (Wildman–Crippen LogP) is 0.314. The molecule has 1 heterocycles. The van der Waals surface area contributed by atoms with E-state index < -0.39 is 17.8 Å². The average Bonchev–Trinajstić information content (AvgIpc) is 2.88. The Morgan fingerprint density at radius 2 is 2.36 bits per heavy atom. The third kappa shape index (κ3) is 1.38. The zero-order chi connectivity index (χ0) is 10.3. The van der Waals surface area contributed by atoms with Gasteiger partial charge in [0, 0.05) is 6.21 Å². The average molecular weight is 196 g/mol. The number of aliphatic carboxylic acids is 1. The molecule has 0 radical (unpaired) electrons. The van der Waals surface area contributed by atoms with Crippen molar-refractivity contribution >= 4 is 18.1 Å². The van der Waals surface area contributed by atoms with Gasteiger partial charge in [0.05, 0.1) is 6.04 Å². The fourth-order valence-electron chi connectivity index (χ4n) is 1.66. The highest BCUT2D eigenvalue weighted by Gasteiger charge is 2.41. The molecular weight excluding hydrogens is 184 g/mol. The van der Waals surface area contributed by atoms with E-state index in [0.717, 1.165) is 12.8 Å². The first-order chi connectivity index (χ1) is 6.61. The minimum Gasteiger partial charge on any atom is -0.480 e. The summed E-state index contributed by atoms with van der Waals surface area (Å²) in [6, 6.07) is 0.0445. The van der Waals surface area contributed by atoms with Crippen LogP contribution in [0.15, 0.2) is 5.10 Å². The lowest BCUT2D eigenvalue weighted by molar-refractivity contribution is -0.147. The molecule has 2 unspecified atom stereocenters. The van der Waals surface area contributed by atoms with Crippen LogP contribution in [-0.2, 0) is 9.59 Å². The second kappa shape index (κ2) is 3.08. The Hall–Kier alpha value is -1.39. The standard InChI is InChI=1S/C9H12N2O3/c1-5(6-2-3-6)11-8(12)7(4-10-11)9(13)14/h4-7H,2-3H2,1H3,(H,13,14). The molecule has 0 bridgehead atoms. The topological polar surface area (TPSA) is 70.0 Å². The molecule has 1 saturated carbocycles. The fraction of sp³-hybridized carbons (Fsp3) is 0.667. The van der Waals surface area contributed by atoms with Gasteiger partial charge in [0.15, 0.2) is 5.92 Å². The van der Waals surface area contributed by atoms with Crippen LogP contribution in [0.4, 0.5) is 0 Å². The molecule has 5 heteroatoms. The van der Waals surface area contributed by atoms with Gasteiger partial charge in [-0.15, -0.1) is 0 Å². The molecule has 14 heavy (non-hydrogen) atoms. The van der Waals surface area contributed by atoms with Crippen LogP contribution in [0.5, 0.6) is 0 Å². The summed E-state index contributed by atoms with van der Waals surface area (Å²) in [6.07, 6.45) is 3.43. The minimum absolute atomic E-state index is 0.0445. The number of hydrazone groups is 1. The highest BCUT2D eigenvalue weighted by Crippen LogP contribution is 2.36. The van der Waals surface area contributed by atoms with Crippen LogP contribution < -0.4 is 0 Å². The zero-order valence-corrected chi connectivity index (χ0v) is 7.88. The first-order valence-electron chi connectivity index (χ1n) is 4.71. The van der Waals surface area contributed by atoms with Gasteiger partial charge in [0.1, 0.15) is 0 Å². The van der Waals surface area contributed by atoms with Gasteiger partial charge in [-0.05, 0) is 25.7 Å². The summed E-state index contributed by atoms with van der Waals surface area (Å²) in [7, 11) is 0. The summed E-state index contributed by atoms with van der Waals surface area (Å²) in [6.45, 7) is 1.91. The van der Waals surface area contributed by atoms with E-state index in [-0.39, 0.29) is 6.04 Å². The number of carboxylic acids is 1. The second-order valence-electron chi connectivity index (χ2n) is 3.84. The molecule has 0 spiro atoms. The zero-order valence-electron chi connectivity index (χ0n) is 7.88. The monoisotopic (exact) mass is 196 g/mol. The summed E-state index contributed by atoms with van der Waals surface area (Å²) in [5.74, 6) is -2.10. The molecule has 1 amide bonds. The molecule has 2 aliphatic rings. The highest BCUT2D eigenvalue weighted by molar-refractivity contribution is 6.12. The third-order valence-corrected chi connectivity index (χ3v) is 2.79. The molecule has 1 aliphatic carbocycles. The predicted molar refractivity (Wildman–Crippen MR) is 48.6 cm³/mol. The van der Waals surface area contributed by atoms with Crippen molar-refractivity contribution in [2.24, 2.45) is 16.9 Å². The van der Waals surface area contributed by atoms with Gasteiger partial charge >= 0.3 is 5.97 Å². The molecule has 0 aromatic rings. The van der Waals surface area contributed by atoms with E-state index >= 15 is 0 Å². The first kappa shape index (κ1) is 9.18. The Morgan fingerprint density at radius 3 is 2.79 bits per heavy atom. The van der Waals surface area contributed by atoms with Crippen LogP contribution in [-0.4, -0.2) is 34.2 Å². The van der Waals surface area contributed by atoms with Crippen molar-refractivity contribution in [1.82, 2.24) is 5.01 Å². The normalized spacial score (nSPS) is 28.2. The summed E-state index contributed by atoms with van der Waals surface area (Å²) < 4.78 is 0. The molecule has 1 aliphatic heterocycles. The van der Waals surface area contributed by atoms with Crippen molar-refractivity contribution in [3.05, 3.63) is 0 Å². The van der Waals surface area contributed by atoms with E-state index in [0.29, 0.717) is 5.92 Å². The quantitative estimate of drug-likeness (QED) is 0.660. The Bertz CT molecular complexity index is 309. The number of carboxylic acid groups (broad SMARTS) is 1. The van der Waals surface area contributed by atoms with E-state index in [4.69, 9.17) is 5.11 Å². The van der Waals surface area contributed by atoms with Crippen LogP contribution in [0, 0.1) is 11.8 Å². The number of nitrogens with zero attached hydrogens (tertiary/aromatic N) is 2. The Morgan fingerprint density at radius 1 is 1.71 bits per heavy atom. The lowest BCUT2D eigenvalue weighted by Gasteiger charge is -2.20. The molecule has 2 rings (SSSR count). The maximum Gasteiger partial charge on any atom is 0.321 e. The summed E-state index contributed by atoms with van der Waals surface area (Å²) in [4.78, 5) is 22.2. The summed E-state index contributed by atoms with van der Waals surface area (Å²) in [5, 5.41) is 13.9. The Balaban J connectivity index is 2.06. The number of rotatable bonds is 3. The fourth-order valence-corrected chi connectivity index (χ4v) is 1.66. The molecule has 5 nitrogen and oxygen atoms in total. The SMILES string of the molecule is CC(C1CC1)N1N=CC(C(=O)O)C1=O. The van der Waals surface area contributed by atoms with Gasteiger partial charge in [-0.3, -0.25) is 9.59 Å². The van der Waals surface area contributed by atoms with E-state index in [9.17, 15) is 9.59 Å². The summed E-state index contributed by atoms with van der Waals surface area (Å²) >= 11 is 0. The first-order valence-corrected chi connectivity index (χ1v) is 4.71. The maximum absolute atomic E-state index is 11.5. The van der Waals surface area contributed by atoms with Crippen molar-refractivity contribution in [3.63, 3.8) is 0 Å². The van der Waals surface area contributed by atoms with Gasteiger partial charge in [0.2, 0.25) is 0 Å². The molecular formula is C9H12N2O3. The molecule has 1 N–H and O–H groups in total. The van der Waals surface area contributed by atoms with E-state index in [1.54, 1.807) is 0 Å². The van der Waals surface area contributed by atoms with Crippen molar-refractivity contribution in [2.75, 3.05) is 0 Å².